The molecule has 8 nitrogen and oxygen atoms in total. The first-order valence-corrected chi connectivity index (χ1v) is 11.3. The maximum absolute atomic E-state index is 12.7. The molecule has 160 valence electrons. The summed E-state index contributed by atoms with van der Waals surface area (Å²) in [5.41, 5.74) is 6.48. The number of esters is 1. The highest BCUT2D eigenvalue weighted by molar-refractivity contribution is 7.89. The minimum absolute atomic E-state index is 0.122. The number of hydrazine groups is 1. The van der Waals surface area contributed by atoms with Gasteiger partial charge in [-0.15, -0.1) is 4.83 Å². The highest BCUT2D eigenvalue weighted by Crippen LogP contribution is 2.31. The molecule has 1 aliphatic rings. The smallest absolute Gasteiger partial charge is 0.308 e. The summed E-state index contributed by atoms with van der Waals surface area (Å²) in [5.74, 6) is -0.317. The van der Waals surface area contributed by atoms with Crippen LogP contribution in [0.3, 0.4) is 0 Å². The van der Waals surface area contributed by atoms with E-state index in [1.165, 1.54) is 13.4 Å². The van der Waals surface area contributed by atoms with Gasteiger partial charge in [0.1, 0.15) is 6.33 Å². The molecule has 0 radical (unpaired) electrons. The van der Waals surface area contributed by atoms with Crippen molar-refractivity contribution in [3.05, 3.63) is 65.4 Å². The van der Waals surface area contributed by atoms with Gasteiger partial charge in [0.2, 0.25) is 0 Å². The Morgan fingerprint density at radius 1 is 1.17 bits per heavy atom. The van der Waals surface area contributed by atoms with Gasteiger partial charge in [-0.2, -0.15) is 0 Å². The van der Waals surface area contributed by atoms with Gasteiger partial charge in [-0.3, -0.25) is 4.79 Å². The molecule has 1 heterocycles. The van der Waals surface area contributed by atoms with Crippen LogP contribution in [0.4, 0.5) is 0 Å². The number of hydrogen-bond acceptors (Lipinski definition) is 7. The van der Waals surface area contributed by atoms with Crippen molar-refractivity contribution in [1.82, 2.24) is 20.2 Å². The fourth-order valence-electron chi connectivity index (χ4n) is 3.44. The third kappa shape index (κ3) is 5.64. The van der Waals surface area contributed by atoms with Crippen LogP contribution >= 0.6 is 0 Å². The first-order chi connectivity index (χ1) is 14.4. The van der Waals surface area contributed by atoms with Crippen molar-refractivity contribution in [3.63, 3.8) is 0 Å². The van der Waals surface area contributed by atoms with Gasteiger partial charge in [-0.25, -0.2) is 18.4 Å². The SMILES string of the molecule is COC(=O)C1CCC(=C(Cc2ccncn2)NNS(=O)(=O)c2ccc(C)cc2)CC1. The standard InChI is InChI=1S/C21H26N4O4S/c1-15-3-9-19(10-4-15)30(27,28)25-24-20(13-18-11-12-22-14-23-18)16-5-7-17(8-6-16)21(26)29-2/h3-4,9-12,14,17,24-25H,5-8,13H2,1-2H3. The Bertz CT molecular complexity index is 995. The Kier molecular flexibility index (Phi) is 7.17. The van der Waals surface area contributed by atoms with E-state index in [9.17, 15) is 13.2 Å². The van der Waals surface area contributed by atoms with E-state index in [1.54, 1.807) is 36.5 Å². The van der Waals surface area contributed by atoms with E-state index in [-0.39, 0.29) is 16.8 Å². The van der Waals surface area contributed by atoms with Crippen LogP contribution in [0, 0.1) is 12.8 Å². The van der Waals surface area contributed by atoms with Gasteiger partial charge < -0.3 is 10.2 Å². The van der Waals surface area contributed by atoms with E-state index in [0.29, 0.717) is 32.1 Å². The molecule has 2 N–H and O–H groups in total. The zero-order chi connectivity index (χ0) is 21.6. The van der Waals surface area contributed by atoms with Gasteiger partial charge in [0.25, 0.3) is 10.0 Å². The van der Waals surface area contributed by atoms with Gasteiger partial charge >= 0.3 is 5.97 Å². The molecule has 1 aromatic carbocycles. The van der Waals surface area contributed by atoms with Crippen LogP contribution in [-0.4, -0.2) is 31.5 Å². The largest absolute Gasteiger partial charge is 0.469 e. The van der Waals surface area contributed by atoms with Crippen LogP contribution in [-0.2, 0) is 26.0 Å². The highest BCUT2D eigenvalue weighted by Gasteiger charge is 2.26. The van der Waals surface area contributed by atoms with Crippen LogP contribution in [0.5, 0.6) is 0 Å². The molecule has 0 unspecified atom stereocenters. The second kappa shape index (κ2) is 9.82. The van der Waals surface area contributed by atoms with Crippen molar-refractivity contribution in [2.45, 2.75) is 43.9 Å². The normalized spacial score (nSPS) is 16.7. The van der Waals surface area contributed by atoms with Crippen molar-refractivity contribution >= 4 is 16.0 Å². The highest BCUT2D eigenvalue weighted by atomic mass is 32.2. The second-order valence-electron chi connectivity index (χ2n) is 7.30. The molecule has 1 fully saturated rings. The fourth-order valence-corrected chi connectivity index (χ4v) is 4.31. The lowest BCUT2D eigenvalue weighted by molar-refractivity contribution is -0.146. The molecule has 30 heavy (non-hydrogen) atoms. The van der Waals surface area contributed by atoms with E-state index < -0.39 is 10.0 Å². The van der Waals surface area contributed by atoms with E-state index >= 15 is 0 Å². The summed E-state index contributed by atoms with van der Waals surface area (Å²) in [4.78, 5) is 22.6. The molecule has 1 saturated carbocycles. The molecule has 0 spiro atoms. The number of carbonyl (C=O) groups is 1. The summed E-state index contributed by atoms with van der Waals surface area (Å²) >= 11 is 0. The van der Waals surface area contributed by atoms with Gasteiger partial charge in [0.15, 0.2) is 0 Å². The molecular weight excluding hydrogens is 404 g/mol. The third-order valence-corrected chi connectivity index (χ3v) is 6.48. The number of rotatable bonds is 7. The number of nitrogens with one attached hydrogen (secondary N) is 2. The number of carbonyl (C=O) groups excluding carboxylic acids is 1. The van der Waals surface area contributed by atoms with Crippen LogP contribution in [0.15, 0.2) is 59.0 Å². The minimum Gasteiger partial charge on any atom is -0.469 e. The molecule has 1 aliphatic carbocycles. The Morgan fingerprint density at radius 2 is 1.87 bits per heavy atom. The van der Waals surface area contributed by atoms with E-state index in [2.05, 4.69) is 20.2 Å². The average molecular weight is 431 g/mol. The van der Waals surface area contributed by atoms with Crippen molar-refractivity contribution in [2.24, 2.45) is 5.92 Å². The van der Waals surface area contributed by atoms with E-state index in [4.69, 9.17) is 4.74 Å². The van der Waals surface area contributed by atoms with Crippen LogP contribution in [0.2, 0.25) is 0 Å². The van der Waals surface area contributed by atoms with Crippen molar-refractivity contribution in [1.29, 1.82) is 0 Å². The molecule has 0 atom stereocenters. The first-order valence-electron chi connectivity index (χ1n) is 9.77. The maximum Gasteiger partial charge on any atom is 0.308 e. The Hall–Kier alpha value is -2.78. The number of ether oxygens (including phenoxy) is 1. The molecule has 0 aliphatic heterocycles. The Balaban J connectivity index is 1.78. The second-order valence-corrected chi connectivity index (χ2v) is 8.98. The molecule has 0 bridgehead atoms. The van der Waals surface area contributed by atoms with Crippen LogP contribution in [0.25, 0.3) is 0 Å². The predicted molar refractivity (Wildman–Crippen MR) is 111 cm³/mol. The maximum atomic E-state index is 12.7. The van der Waals surface area contributed by atoms with Gasteiger partial charge in [-0.1, -0.05) is 17.7 Å². The Labute approximate surface area is 176 Å². The fraction of sp³-hybridized carbons (Fsp3) is 0.381. The first kappa shape index (κ1) is 21.9. The van der Waals surface area contributed by atoms with E-state index in [1.807, 2.05) is 6.92 Å². The van der Waals surface area contributed by atoms with Gasteiger partial charge in [0, 0.05) is 24.0 Å². The van der Waals surface area contributed by atoms with E-state index in [0.717, 1.165) is 22.5 Å². The molecular formula is C21H26N4O4S. The molecule has 0 amide bonds. The van der Waals surface area contributed by atoms with Crippen LogP contribution in [0.1, 0.15) is 36.9 Å². The van der Waals surface area contributed by atoms with Crippen molar-refractivity contribution in [2.75, 3.05) is 7.11 Å². The van der Waals surface area contributed by atoms with Crippen molar-refractivity contribution in [3.8, 4) is 0 Å². The number of aromatic nitrogens is 2. The molecule has 9 heteroatoms. The third-order valence-electron chi connectivity index (χ3n) is 5.22. The predicted octanol–water partition coefficient (Wildman–Crippen LogP) is 2.43. The number of aryl methyl sites for hydroxylation is 1. The summed E-state index contributed by atoms with van der Waals surface area (Å²) in [6.45, 7) is 1.90. The lowest BCUT2D eigenvalue weighted by atomic mass is 9.84. The zero-order valence-electron chi connectivity index (χ0n) is 17.1. The average Bonchev–Trinajstić information content (AvgIpc) is 2.77. The summed E-state index contributed by atoms with van der Waals surface area (Å²) in [7, 11) is -2.33. The summed E-state index contributed by atoms with van der Waals surface area (Å²) < 4.78 is 30.2. The molecule has 2 aromatic rings. The quantitative estimate of drug-likeness (QED) is 0.513. The summed E-state index contributed by atoms with van der Waals surface area (Å²) in [6.07, 6.45) is 6.23. The molecule has 3 rings (SSSR count). The summed E-state index contributed by atoms with van der Waals surface area (Å²) in [5, 5.41) is 0. The summed E-state index contributed by atoms with van der Waals surface area (Å²) in [6, 6.07) is 8.43. The number of allylic oxidation sites excluding steroid dienone is 2. The molecule has 1 aromatic heterocycles. The molecule has 0 saturated heterocycles. The topological polar surface area (TPSA) is 110 Å². The minimum atomic E-state index is -3.73. The van der Waals surface area contributed by atoms with Crippen LogP contribution < -0.4 is 10.3 Å². The van der Waals surface area contributed by atoms with Gasteiger partial charge in [0.05, 0.1) is 17.9 Å². The number of hydrogen-bond donors (Lipinski definition) is 2. The number of methoxy groups -OCH3 is 1. The van der Waals surface area contributed by atoms with Crippen molar-refractivity contribution < 1.29 is 17.9 Å². The Morgan fingerprint density at radius 3 is 2.47 bits per heavy atom. The number of nitrogens with zero attached hydrogens (tertiary/aromatic N) is 2. The van der Waals surface area contributed by atoms with Gasteiger partial charge in [-0.05, 0) is 56.4 Å². The monoisotopic (exact) mass is 430 g/mol. The zero-order valence-corrected chi connectivity index (χ0v) is 17.9. The number of sulfonamides is 1. The lowest BCUT2D eigenvalue weighted by Crippen LogP contribution is -2.38. The lowest BCUT2D eigenvalue weighted by Gasteiger charge is -2.25. The number of benzene rings is 1.